The fraction of sp³-hybridized carbons (Fsp3) is 0.833. The highest BCUT2D eigenvalue weighted by molar-refractivity contribution is 5.77. The first-order valence-electron chi connectivity index (χ1n) is 6.36. The number of carbonyl (C=O) groups is 2. The summed E-state index contributed by atoms with van der Waals surface area (Å²) in [6.45, 7) is 3.97. The number of hydrogen-bond acceptors (Lipinski definition) is 5. The van der Waals surface area contributed by atoms with E-state index in [1.54, 1.807) is 0 Å². The fourth-order valence-corrected chi connectivity index (χ4v) is 2.11. The van der Waals surface area contributed by atoms with Gasteiger partial charge in [-0.25, -0.2) is 9.59 Å². The van der Waals surface area contributed by atoms with E-state index in [2.05, 4.69) is 5.32 Å². The van der Waals surface area contributed by atoms with Gasteiger partial charge in [-0.2, -0.15) is 0 Å². The molecule has 1 rings (SSSR count). The number of methoxy groups -OCH3 is 1. The smallest absolute Gasteiger partial charge is 0.334 e. The largest absolute Gasteiger partial charge is 0.479 e. The molecule has 1 aliphatic rings. The number of aliphatic hydroxyl groups is 1. The van der Waals surface area contributed by atoms with Crippen molar-refractivity contribution in [3.05, 3.63) is 0 Å². The first-order valence-corrected chi connectivity index (χ1v) is 6.36. The molecule has 3 N–H and O–H groups in total. The lowest BCUT2D eigenvalue weighted by Gasteiger charge is -2.42. The average molecular weight is 290 g/mol. The second-order valence-corrected chi connectivity index (χ2v) is 5.31. The number of hydrogen-bond donors (Lipinski definition) is 3. The number of urea groups is 1. The van der Waals surface area contributed by atoms with Crippen molar-refractivity contribution in [1.29, 1.82) is 0 Å². The molecule has 2 atom stereocenters. The SMILES string of the molecule is COC(CNC(=O)N1CC(CO)OC(C)(C)C1)C(=O)O. The number of ether oxygens (including phenoxy) is 2. The summed E-state index contributed by atoms with van der Waals surface area (Å²) in [5.74, 6) is -1.14. The lowest BCUT2D eigenvalue weighted by Crippen LogP contribution is -2.58. The van der Waals surface area contributed by atoms with Crippen LogP contribution in [-0.2, 0) is 14.3 Å². The zero-order valence-electron chi connectivity index (χ0n) is 12.0. The van der Waals surface area contributed by atoms with Crippen LogP contribution in [0.2, 0.25) is 0 Å². The minimum atomic E-state index is -1.14. The second kappa shape index (κ2) is 6.87. The molecular weight excluding hydrogens is 268 g/mol. The van der Waals surface area contributed by atoms with Crippen LogP contribution >= 0.6 is 0 Å². The number of nitrogens with zero attached hydrogens (tertiary/aromatic N) is 1. The van der Waals surface area contributed by atoms with Gasteiger partial charge in [0.15, 0.2) is 6.10 Å². The van der Waals surface area contributed by atoms with E-state index in [0.717, 1.165) is 0 Å². The number of carboxylic acids is 1. The number of aliphatic hydroxyl groups excluding tert-OH is 1. The number of rotatable bonds is 5. The van der Waals surface area contributed by atoms with Crippen molar-refractivity contribution in [3.8, 4) is 0 Å². The van der Waals surface area contributed by atoms with Crippen LogP contribution in [0.25, 0.3) is 0 Å². The maximum absolute atomic E-state index is 12.0. The van der Waals surface area contributed by atoms with Gasteiger partial charge in [0.05, 0.1) is 37.9 Å². The molecule has 0 aromatic heterocycles. The van der Waals surface area contributed by atoms with Gasteiger partial charge >= 0.3 is 12.0 Å². The van der Waals surface area contributed by atoms with E-state index in [0.29, 0.717) is 6.54 Å². The molecule has 0 spiro atoms. The Morgan fingerprint density at radius 3 is 2.70 bits per heavy atom. The number of carboxylic acid groups (broad SMARTS) is 1. The lowest BCUT2D eigenvalue weighted by molar-refractivity contribution is -0.148. The number of amides is 2. The van der Waals surface area contributed by atoms with Crippen molar-refractivity contribution < 1.29 is 29.3 Å². The number of carbonyl (C=O) groups excluding carboxylic acids is 1. The second-order valence-electron chi connectivity index (χ2n) is 5.31. The monoisotopic (exact) mass is 290 g/mol. The van der Waals surface area contributed by atoms with Crippen molar-refractivity contribution in [2.24, 2.45) is 0 Å². The Morgan fingerprint density at radius 2 is 2.20 bits per heavy atom. The van der Waals surface area contributed by atoms with Crippen LogP contribution < -0.4 is 5.32 Å². The van der Waals surface area contributed by atoms with Gasteiger partial charge in [0.2, 0.25) is 0 Å². The van der Waals surface area contributed by atoms with Crippen molar-refractivity contribution in [3.63, 3.8) is 0 Å². The molecular formula is C12H22N2O6. The van der Waals surface area contributed by atoms with Gasteiger partial charge in [-0.05, 0) is 13.8 Å². The van der Waals surface area contributed by atoms with Crippen molar-refractivity contribution in [2.45, 2.75) is 31.7 Å². The summed E-state index contributed by atoms with van der Waals surface area (Å²) in [5, 5.41) is 20.5. The maximum atomic E-state index is 12.0. The van der Waals surface area contributed by atoms with Gasteiger partial charge in [0.25, 0.3) is 0 Å². The molecule has 1 fully saturated rings. The molecule has 0 aromatic carbocycles. The molecule has 8 heteroatoms. The Morgan fingerprint density at radius 1 is 1.55 bits per heavy atom. The van der Waals surface area contributed by atoms with Crippen LogP contribution in [-0.4, -0.2) is 78.3 Å². The van der Waals surface area contributed by atoms with Crippen LogP contribution in [0, 0.1) is 0 Å². The van der Waals surface area contributed by atoms with Crippen LogP contribution in [0.4, 0.5) is 4.79 Å². The number of aliphatic carboxylic acids is 1. The van der Waals surface area contributed by atoms with Crippen LogP contribution in [0.15, 0.2) is 0 Å². The summed E-state index contributed by atoms with van der Waals surface area (Å²) < 4.78 is 10.3. The third-order valence-electron chi connectivity index (χ3n) is 2.97. The standard InChI is InChI=1S/C12H22N2O6/c1-12(2)7-14(5-8(6-15)20-12)11(18)13-4-9(19-3)10(16)17/h8-9,15H,4-7H2,1-3H3,(H,13,18)(H,16,17). The van der Waals surface area contributed by atoms with E-state index in [1.807, 2.05) is 13.8 Å². The van der Waals surface area contributed by atoms with E-state index in [9.17, 15) is 14.7 Å². The Labute approximate surface area is 117 Å². The molecule has 0 bridgehead atoms. The Balaban J connectivity index is 2.56. The van der Waals surface area contributed by atoms with Gasteiger partial charge in [0.1, 0.15) is 0 Å². The van der Waals surface area contributed by atoms with Crippen molar-refractivity contribution in [1.82, 2.24) is 10.2 Å². The Hall–Kier alpha value is -1.38. The first-order chi connectivity index (χ1) is 9.29. The predicted molar refractivity (Wildman–Crippen MR) is 69.4 cm³/mol. The van der Waals surface area contributed by atoms with Crippen LogP contribution in [0.1, 0.15) is 13.8 Å². The molecule has 0 aliphatic carbocycles. The summed E-state index contributed by atoms with van der Waals surface area (Å²) >= 11 is 0. The zero-order valence-corrected chi connectivity index (χ0v) is 12.0. The summed E-state index contributed by atoms with van der Waals surface area (Å²) in [6, 6.07) is -0.400. The molecule has 8 nitrogen and oxygen atoms in total. The summed E-state index contributed by atoms with van der Waals surface area (Å²) in [5.41, 5.74) is -0.559. The van der Waals surface area contributed by atoms with Gasteiger partial charge in [0, 0.05) is 7.11 Å². The van der Waals surface area contributed by atoms with Crippen molar-refractivity contribution >= 4 is 12.0 Å². The molecule has 1 aliphatic heterocycles. The topological polar surface area (TPSA) is 108 Å². The number of nitrogens with one attached hydrogen (secondary N) is 1. The third-order valence-corrected chi connectivity index (χ3v) is 2.97. The molecule has 20 heavy (non-hydrogen) atoms. The van der Waals surface area contributed by atoms with Gasteiger partial charge in [-0.3, -0.25) is 0 Å². The number of morpholine rings is 1. The van der Waals surface area contributed by atoms with Gasteiger partial charge < -0.3 is 29.9 Å². The molecule has 1 heterocycles. The van der Waals surface area contributed by atoms with Gasteiger partial charge in [-0.1, -0.05) is 0 Å². The molecule has 0 saturated carbocycles. The Bertz CT molecular complexity index is 360. The van der Waals surface area contributed by atoms with Crippen LogP contribution in [0.5, 0.6) is 0 Å². The molecule has 1 saturated heterocycles. The van der Waals surface area contributed by atoms with E-state index in [-0.39, 0.29) is 19.7 Å². The molecule has 116 valence electrons. The summed E-state index contributed by atoms with van der Waals surface area (Å²) in [7, 11) is 1.27. The predicted octanol–water partition coefficient (Wildman–Crippen LogP) is -0.733. The molecule has 2 unspecified atom stereocenters. The first kappa shape index (κ1) is 16.7. The van der Waals surface area contributed by atoms with Gasteiger partial charge in [-0.15, -0.1) is 0 Å². The van der Waals surface area contributed by atoms with E-state index >= 15 is 0 Å². The highest BCUT2D eigenvalue weighted by Gasteiger charge is 2.35. The minimum Gasteiger partial charge on any atom is -0.479 e. The quantitative estimate of drug-likeness (QED) is 0.616. The molecule has 2 amide bonds. The highest BCUT2D eigenvalue weighted by atomic mass is 16.5. The van der Waals surface area contributed by atoms with E-state index in [1.165, 1.54) is 12.0 Å². The lowest BCUT2D eigenvalue weighted by atomic mass is 10.1. The fourth-order valence-electron chi connectivity index (χ4n) is 2.11. The minimum absolute atomic E-state index is 0.119. The highest BCUT2D eigenvalue weighted by Crippen LogP contribution is 2.20. The molecule has 0 radical (unpaired) electrons. The maximum Gasteiger partial charge on any atom is 0.334 e. The van der Waals surface area contributed by atoms with Crippen LogP contribution in [0.3, 0.4) is 0 Å². The van der Waals surface area contributed by atoms with Crippen molar-refractivity contribution in [2.75, 3.05) is 33.4 Å². The molecule has 0 aromatic rings. The summed E-state index contributed by atoms with van der Waals surface area (Å²) in [6.07, 6.45) is -1.52. The normalized spacial score (nSPS) is 23.2. The zero-order chi connectivity index (χ0) is 15.3. The van der Waals surface area contributed by atoms with E-state index in [4.69, 9.17) is 14.6 Å². The summed E-state index contributed by atoms with van der Waals surface area (Å²) in [4.78, 5) is 24.3. The average Bonchev–Trinajstić information content (AvgIpc) is 2.36. The van der Waals surface area contributed by atoms with E-state index < -0.39 is 29.8 Å². The Kier molecular flexibility index (Phi) is 5.73. The third kappa shape index (κ3) is 4.62.